The summed E-state index contributed by atoms with van der Waals surface area (Å²) in [6.45, 7) is 5.86. The third-order valence-electron chi connectivity index (χ3n) is 2.35. The molecule has 1 heterocycles. The molecule has 0 aromatic heterocycles. The zero-order chi connectivity index (χ0) is 11.7. The number of aliphatic carboxylic acids is 1. The van der Waals surface area contributed by atoms with Crippen molar-refractivity contribution in [2.75, 3.05) is 13.1 Å². The average molecular weight is 215 g/mol. The largest absolute Gasteiger partial charge is 0.480 e. The topological polar surface area (TPSA) is 75.6 Å². The van der Waals surface area contributed by atoms with E-state index in [-0.39, 0.29) is 13.0 Å². The molecule has 86 valence electrons. The first-order valence-corrected chi connectivity index (χ1v) is 4.95. The minimum atomic E-state index is -1.40. The number of ether oxygens (including phenoxy) is 1. The van der Waals surface area contributed by atoms with Crippen molar-refractivity contribution in [1.82, 2.24) is 5.32 Å². The smallest absolute Gasteiger partial charge is 0.325 e. The summed E-state index contributed by atoms with van der Waals surface area (Å²) >= 11 is 0. The van der Waals surface area contributed by atoms with Crippen molar-refractivity contribution in [3.05, 3.63) is 0 Å². The standard InChI is InChI=1S/C10H17NO4/c1-9(2,3)15-8(14)10(7(12)13)4-5-11-6-10/h11H,4-6H2,1-3H3,(H,12,13). The van der Waals surface area contributed by atoms with Crippen molar-refractivity contribution < 1.29 is 19.4 Å². The summed E-state index contributed by atoms with van der Waals surface area (Å²) in [7, 11) is 0. The third kappa shape index (κ3) is 2.47. The Labute approximate surface area is 88.8 Å². The fourth-order valence-corrected chi connectivity index (χ4v) is 1.51. The van der Waals surface area contributed by atoms with Crippen LogP contribution in [0.3, 0.4) is 0 Å². The lowest BCUT2D eigenvalue weighted by Gasteiger charge is -2.27. The highest BCUT2D eigenvalue weighted by Crippen LogP contribution is 2.29. The molecule has 1 rings (SSSR count). The van der Waals surface area contributed by atoms with Gasteiger partial charge in [-0.15, -0.1) is 0 Å². The zero-order valence-electron chi connectivity index (χ0n) is 9.29. The van der Waals surface area contributed by atoms with Crippen LogP contribution in [0.1, 0.15) is 27.2 Å². The summed E-state index contributed by atoms with van der Waals surface area (Å²) in [5, 5.41) is 12.0. The number of hydrogen-bond donors (Lipinski definition) is 2. The van der Waals surface area contributed by atoms with Crippen LogP contribution in [-0.4, -0.2) is 35.7 Å². The van der Waals surface area contributed by atoms with Gasteiger partial charge in [0, 0.05) is 6.54 Å². The van der Waals surface area contributed by atoms with E-state index in [1.165, 1.54) is 0 Å². The molecule has 1 saturated heterocycles. The Morgan fingerprint density at radius 3 is 2.33 bits per heavy atom. The van der Waals surface area contributed by atoms with Crippen LogP contribution in [0.4, 0.5) is 0 Å². The van der Waals surface area contributed by atoms with Crippen LogP contribution in [0, 0.1) is 5.41 Å². The van der Waals surface area contributed by atoms with Gasteiger partial charge in [0.25, 0.3) is 0 Å². The van der Waals surface area contributed by atoms with Crippen LogP contribution < -0.4 is 5.32 Å². The van der Waals surface area contributed by atoms with Gasteiger partial charge in [0.15, 0.2) is 5.41 Å². The van der Waals surface area contributed by atoms with Gasteiger partial charge in [-0.1, -0.05) is 0 Å². The lowest BCUT2D eigenvalue weighted by molar-refractivity contribution is -0.175. The molecule has 0 aromatic rings. The third-order valence-corrected chi connectivity index (χ3v) is 2.35. The molecule has 0 spiro atoms. The van der Waals surface area contributed by atoms with Crippen LogP contribution in [0.15, 0.2) is 0 Å². The Bertz CT molecular complexity index is 274. The van der Waals surface area contributed by atoms with Gasteiger partial charge in [0.2, 0.25) is 0 Å². The second-order valence-corrected chi connectivity index (χ2v) is 4.82. The zero-order valence-corrected chi connectivity index (χ0v) is 9.29. The summed E-state index contributed by atoms with van der Waals surface area (Å²) in [6, 6.07) is 0. The van der Waals surface area contributed by atoms with Crippen LogP contribution in [0.5, 0.6) is 0 Å². The molecule has 0 aromatic carbocycles. The first-order chi connectivity index (χ1) is 6.78. The molecule has 1 aliphatic rings. The van der Waals surface area contributed by atoms with Gasteiger partial charge >= 0.3 is 11.9 Å². The molecule has 0 bridgehead atoms. The number of carboxylic acid groups (broad SMARTS) is 1. The second-order valence-electron chi connectivity index (χ2n) is 4.82. The molecule has 5 nitrogen and oxygen atoms in total. The fourth-order valence-electron chi connectivity index (χ4n) is 1.51. The number of esters is 1. The molecular weight excluding hydrogens is 198 g/mol. The maximum Gasteiger partial charge on any atom is 0.325 e. The van der Waals surface area contributed by atoms with Gasteiger partial charge < -0.3 is 15.2 Å². The molecule has 0 amide bonds. The first kappa shape index (κ1) is 12.0. The molecule has 5 heteroatoms. The van der Waals surface area contributed by atoms with Gasteiger partial charge in [0.05, 0.1) is 0 Å². The number of carboxylic acids is 1. The van der Waals surface area contributed by atoms with E-state index in [1.54, 1.807) is 20.8 Å². The Morgan fingerprint density at radius 1 is 1.40 bits per heavy atom. The van der Waals surface area contributed by atoms with E-state index in [2.05, 4.69) is 5.32 Å². The minimum Gasteiger partial charge on any atom is -0.480 e. The van der Waals surface area contributed by atoms with E-state index in [4.69, 9.17) is 9.84 Å². The van der Waals surface area contributed by atoms with Crippen LogP contribution in [0.2, 0.25) is 0 Å². The second kappa shape index (κ2) is 3.81. The molecule has 1 aliphatic heterocycles. The number of rotatable bonds is 2. The molecule has 0 radical (unpaired) electrons. The van der Waals surface area contributed by atoms with E-state index in [0.29, 0.717) is 6.54 Å². The summed E-state index contributed by atoms with van der Waals surface area (Å²) in [4.78, 5) is 22.9. The average Bonchev–Trinajstić information content (AvgIpc) is 2.48. The first-order valence-electron chi connectivity index (χ1n) is 4.95. The van der Waals surface area contributed by atoms with Crippen molar-refractivity contribution in [3.8, 4) is 0 Å². The van der Waals surface area contributed by atoms with E-state index in [1.807, 2.05) is 0 Å². The van der Waals surface area contributed by atoms with E-state index in [9.17, 15) is 9.59 Å². The number of carbonyl (C=O) groups is 2. The predicted molar refractivity (Wildman–Crippen MR) is 53.4 cm³/mol. The maximum absolute atomic E-state index is 11.8. The predicted octanol–water partition coefficient (Wildman–Crippen LogP) is 0.392. The molecule has 0 aliphatic carbocycles. The lowest BCUT2D eigenvalue weighted by Crippen LogP contribution is -2.45. The molecule has 1 unspecified atom stereocenters. The highest BCUT2D eigenvalue weighted by molar-refractivity contribution is 6.00. The van der Waals surface area contributed by atoms with Crippen molar-refractivity contribution >= 4 is 11.9 Å². The van der Waals surface area contributed by atoms with Gasteiger partial charge in [-0.05, 0) is 33.7 Å². The highest BCUT2D eigenvalue weighted by Gasteiger charge is 2.50. The van der Waals surface area contributed by atoms with Crippen molar-refractivity contribution in [3.63, 3.8) is 0 Å². The van der Waals surface area contributed by atoms with Gasteiger partial charge in [0.1, 0.15) is 5.60 Å². The SMILES string of the molecule is CC(C)(C)OC(=O)C1(C(=O)O)CCNC1. The van der Waals surface area contributed by atoms with Crippen LogP contribution >= 0.6 is 0 Å². The van der Waals surface area contributed by atoms with Crippen molar-refractivity contribution in [1.29, 1.82) is 0 Å². The number of hydrogen-bond acceptors (Lipinski definition) is 4. The Balaban J connectivity index is 2.82. The molecule has 2 N–H and O–H groups in total. The quantitative estimate of drug-likeness (QED) is 0.515. The number of carbonyl (C=O) groups excluding carboxylic acids is 1. The molecular formula is C10H17NO4. The number of nitrogens with one attached hydrogen (secondary N) is 1. The Hall–Kier alpha value is -1.10. The fraction of sp³-hybridized carbons (Fsp3) is 0.800. The summed E-state index contributed by atoms with van der Waals surface area (Å²) in [5.41, 5.74) is -2.05. The molecule has 0 saturated carbocycles. The lowest BCUT2D eigenvalue weighted by atomic mass is 9.87. The highest BCUT2D eigenvalue weighted by atomic mass is 16.6. The molecule has 1 atom stereocenters. The van der Waals surface area contributed by atoms with Gasteiger partial charge in [-0.3, -0.25) is 9.59 Å². The van der Waals surface area contributed by atoms with E-state index in [0.717, 1.165) is 0 Å². The molecule has 1 fully saturated rings. The minimum absolute atomic E-state index is 0.150. The van der Waals surface area contributed by atoms with Gasteiger partial charge in [-0.25, -0.2) is 0 Å². The normalized spacial score (nSPS) is 26.3. The summed E-state index contributed by atoms with van der Waals surface area (Å²) in [6.07, 6.45) is 0.289. The van der Waals surface area contributed by atoms with Crippen molar-refractivity contribution in [2.24, 2.45) is 5.41 Å². The monoisotopic (exact) mass is 215 g/mol. The van der Waals surface area contributed by atoms with E-state index < -0.39 is 23.0 Å². The Morgan fingerprint density at radius 2 is 2.00 bits per heavy atom. The van der Waals surface area contributed by atoms with Gasteiger partial charge in [-0.2, -0.15) is 0 Å². The summed E-state index contributed by atoms with van der Waals surface area (Å²) in [5.74, 6) is -1.76. The maximum atomic E-state index is 11.8. The van der Waals surface area contributed by atoms with Crippen molar-refractivity contribution in [2.45, 2.75) is 32.8 Å². The Kier molecular flexibility index (Phi) is 3.04. The molecule has 15 heavy (non-hydrogen) atoms. The van der Waals surface area contributed by atoms with Crippen LogP contribution in [0.25, 0.3) is 0 Å². The van der Waals surface area contributed by atoms with E-state index >= 15 is 0 Å². The summed E-state index contributed by atoms with van der Waals surface area (Å²) < 4.78 is 5.13. The van der Waals surface area contributed by atoms with Crippen LogP contribution in [-0.2, 0) is 14.3 Å².